The zero-order valence-corrected chi connectivity index (χ0v) is 17.3. The van der Waals surface area contributed by atoms with E-state index in [2.05, 4.69) is 10.2 Å². The van der Waals surface area contributed by atoms with Crippen molar-refractivity contribution in [3.05, 3.63) is 53.1 Å². The first-order valence-corrected chi connectivity index (χ1v) is 10.2. The lowest BCUT2D eigenvalue weighted by Gasteiger charge is -2.37. The van der Waals surface area contributed by atoms with Crippen LogP contribution in [-0.2, 0) is 9.53 Å². The van der Waals surface area contributed by atoms with Crippen LogP contribution < -0.4 is 10.1 Å². The van der Waals surface area contributed by atoms with E-state index in [1.807, 2.05) is 50.2 Å². The van der Waals surface area contributed by atoms with Gasteiger partial charge in [-0.3, -0.25) is 4.79 Å². The molecule has 2 atom stereocenters. The molecule has 2 heterocycles. The molecule has 29 heavy (non-hydrogen) atoms. The molecule has 2 aliphatic heterocycles. The Morgan fingerprint density at radius 1 is 1.34 bits per heavy atom. The number of aliphatic imine (C=N–C) groups is 1. The van der Waals surface area contributed by atoms with Crippen LogP contribution in [0.4, 0.5) is 5.69 Å². The number of rotatable bonds is 3. The number of para-hydroxylation sites is 1. The number of piperazine rings is 1. The predicted octanol–water partition coefficient (Wildman–Crippen LogP) is 4.00. The Morgan fingerprint density at radius 3 is 3.00 bits per heavy atom. The quantitative estimate of drug-likeness (QED) is 0.770. The largest absolute Gasteiger partial charge is 0.466 e. The number of carbonyl (C=O) groups excluding carboxylic acids is 1. The van der Waals surface area contributed by atoms with Gasteiger partial charge in [0.05, 0.1) is 18.1 Å². The number of amidine groups is 1. The van der Waals surface area contributed by atoms with Crippen molar-refractivity contribution in [2.75, 3.05) is 26.2 Å². The summed E-state index contributed by atoms with van der Waals surface area (Å²) in [6.45, 7) is 6.27. The van der Waals surface area contributed by atoms with Crippen LogP contribution in [0.3, 0.4) is 0 Å². The van der Waals surface area contributed by atoms with Crippen molar-refractivity contribution in [2.24, 2.45) is 10.9 Å². The summed E-state index contributed by atoms with van der Waals surface area (Å²) in [5.74, 6) is 1.81. The highest BCUT2D eigenvalue weighted by Crippen LogP contribution is 2.39. The van der Waals surface area contributed by atoms with Crippen molar-refractivity contribution >= 4 is 29.1 Å². The summed E-state index contributed by atoms with van der Waals surface area (Å²) in [5, 5.41) is 4.05. The highest BCUT2D eigenvalue weighted by atomic mass is 35.5. The van der Waals surface area contributed by atoms with Crippen LogP contribution in [0.2, 0.25) is 5.02 Å². The van der Waals surface area contributed by atoms with Crippen molar-refractivity contribution in [2.45, 2.75) is 19.9 Å². The van der Waals surface area contributed by atoms with Crippen LogP contribution in [0.15, 0.2) is 47.5 Å². The third-order valence-electron chi connectivity index (χ3n) is 5.26. The molecule has 0 aromatic heterocycles. The summed E-state index contributed by atoms with van der Waals surface area (Å²) in [4.78, 5) is 19.4. The molecule has 0 unspecified atom stereocenters. The maximum absolute atomic E-state index is 12.2. The van der Waals surface area contributed by atoms with E-state index in [0.717, 1.165) is 30.2 Å². The summed E-state index contributed by atoms with van der Waals surface area (Å²) in [5.41, 5.74) is 1.61. The highest BCUT2D eigenvalue weighted by Gasteiger charge is 2.32. The number of carbonyl (C=O) groups is 1. The molecular weight excluding hydrogens is 390 g/mol. The SMILES string of the molecule is CCOC(=O)[C@@H](C)[C@H]1CN(C2=Nc3cc(Cl)ccc3Oc3ccccc32)CCN1. The molecule has 1 fully saturated rings. The molecule has 1 N–H and O–H groups in total. The van der Waals surface area contributed by atoms with E-state index in [1.165, 1.54) is 0 Å². The fourth-order valence-corrected chi connectivity index (χ4v) is 3.85. The number of ether oxygens (including phenoxy) is 2. The average Bonchev–Trinajstić information content (AvgIpc) is 2.90. The second-order valence-corrected chi connectivity index (χ2v) is 7.63. The minimum Gasteiger partial charge on any atom is -0.466 e. The van der Waals surface area contributed by atoms with Gasteiger partial charge in [0.15, 0.2) is 5.75 Å². The molecule has 7 heteroatoms. The van der Waals surface area contributed by atoms with Gasteiger partial charge in [-0.15, -0.1) is 0 Å². The van der Waals surface area contributed by atoms with Gasteiger partial charge in [0.2, 0.25) is 0 Å². The summed E-state index contributed by atoms with van der Waals surface area (Å²) in [6.07, 6.45) is 0. The van der Waals surface area contributed by atoms with Gasteiger partial charge >= 0.3 is 5.97 Å². The van der Waals surface area contributed by atoms with Gasteiger partial charge < -0.3 is 19.7 Å². The van der Waals surface area contributed by atoms with Crippen molar-refractivity contribution < 1.29 is 14.3 Å². The maximum atomic E-state index is 12.2. The van der Waals surface area contributed by atoms with Crippen LogP contribution in [0.25, 0.3) is 0 Å². The van der Waals surface area contributed by atoms with Gasteiger partial charge in [0, 0.05) is 30.7 Å². The van der Waals surface area contributed by atoms with Gasteiger partial charge in [-0.1, -0.05) is 30.7 Å². The third kappa shape index (κ3) is 4.09. The Bertz CT molecular complexity index is 947. The third-order valence-corrected chi connectivity index (χ3v) is 5.50. The molecule has 1 saturated heterocycles. The zero-order valence-electron chi connectivity index (χ0n) is 16.5. The van der Waals surface area contributed by atoms with Crippen LogP contribution in [0.1, 0.15) is 19.4 Å². The second-order valence-electron chi connectivity index (χ2n) is 7.19. The number of nitrogens with zero attached hydrogens (tertiary/aromatic N) is 2. The Kier molecular flexibility index (Phi) is 5.74. The van der Waals surface area contributed by atoms with E-state index in [0.29, 0.717) is 29.6 Å². The van der Waals surface area contributed by atoms with Gasteiger partial charge in [-0.05, 0) is 37.3 Å². The number of nitrogens with one attached hydrogen (secondary N) is 1. The van der Waals surface area contributed by atoms with E-state index in [4.69, 9.17) is 26.1 Å². The fraction of sp³-hybridized carbons (Fsp3) is 0.364. The van der Waals surface area contributed by atoms with E-state index in [-0.39, 0.29) is 17.9 Å². The Morgan fingerprint density at radius 2 is 2.17 bits per heavy atom. The lowest BCUT2D eigenvalue weighted by Crippen LogP contribution is -2.56. The maximum Gasteiger partial charge on any atom is 0.310 e. The number of fused-ring (bicyclic) bond motifs is 2. The molecule has 2 aromatic rings. The number of esters is 1. The van der Waals surface area contributed by atoms with Crippen molar-refractivity contribution in [1.82, 2.24) is 10.2 Å². The smallest absolute Gasteiger partial charge is 0.310 e. The van der Waals surface area contributed by atoms with Crippen molar-refractivity contribution in [3.63, 3.8) is 0 Å². The first kappa shape index (κ1) is 19.7. The van der Waals surface area contributed by atoms with Gasteiger partial charge in [-0.2, -0.15) is 0 Å². The topological polar surface area (TPSA) is 63.2 Å². The van der Waals surface area contributed by atoms with E-state index >= 15 is 0 Å². The van der Waals surface area contributed by atoms with Crippen LogP contribution in [-0.4, -0.2) is 49.0 Å². The van der Waals surface area contributed by atoms with Crippen molar-refractivity contribution in [3.8, 4) is 11.5 Å². The number of benzene rings is 2. The van der Waals surface area contributed by atoms with E-state index in [9.17, 15) is 4.79 Å². The molecular formula is C22H24ClN3O3. The fourth-order valence-electron chi connectivity index (χ4n) is 3.68. The molecule has 2 aliphatic rings. The summed E-state index contributed by atoms with van der Waals surface area (Å²) in [6, 6.07) is 13.3. The molecule has 6 nitrogen and oxygen atoms in total. The molecule has 0 radical (unpaired) electrons. The Hall–Kier alpha value is -2.57. The molecule has 0 bridgehead atoms. The molecule has 4 rings (SSSR count). The molecule has 0 saturated carbocycles. The predicted molar refractivity (Wildman–Crippen MR) is 113 cm³/mol. The molecule has 0 spiro atoms. The Balaban J connectivity index is 1.69. The first-order valence-electron chi connectivity index (χ1n) is 9.87. The first-order chi connectivity index (χ1) is 14.1. The van der Waals surface area contributed by atoms with Gasteiger partial charge in [0.1, 0.15) is 17.3 Å². The van der Waals surface area contributed by atoms with Gasteiger partial charge in [0.25, 0.3) is 0 Å². The van der Waals surface area contributed by atoms with Crippen LogP contribution in [0.5, 0.6) is 11.5 Å². The average molecular weight is 414 g/mol. The second kappa shape index (κ2) is 8.43. The minimum atomic E-state index is -0.252. The summed E-state index contributed by atoms with van der Waals surface area (Å²) in [7, 11) is 0. The van der Waals surface area contributed by atoms with Gasteiger partial charge in [-0.25, -0.2) is 4.99 Å². The summed E-state index contributed by atoms with van der Waals surface area (Å²) >= 11 is 6.20. The molecule has 0 amide bonds. The number of hydrogen-bond acceptors (Lipinski definition) is 6. The number of hydrogen-bond donors (Lipinski definition) is 1. The lowest BCUT2D eigenvalue weighted by molar-refractivity contribution is -0.148. The van der Waals surface area contributed by atoms with Crippen LogP contribution >= 0.6 is 11.6 Å². The van der Waals surface area contributed by atoms with Crippen molar-refractivity contribution in [1.29, 1.82) is 0 Å². The normalized spacial score (nSPS) is 19.2. The molecule has 152 valence electrons. The monoisotopic (exact) mass is 413 g/mol. The van der Waals surface area contributed by atoms with Crippen LogP contribution in [0, 0.1) is 5.92 Å². The standard InChI is InChI=1S/C22H24ClN3O3/c1-3-28-22(27)14(2)18-13-26(11-10-24-18)21-16-6-4-5-7-19(16)29-20-9-8-15(23)12-17(20)25-21/h4-9,12,14,18,24H,3,10-11,13H2,1-2H3/t14-,18+/m0/s1. The molecule has 2 aromatic carbocycles. The highest BCUT2D eigenvalue weighted by molar-refractivity contribution is 6.31. The zero-order chi connectivity index (χ0) is 20.4. The Labute approximate surface area is 175 Å². The minimum absolute atomic E-state index is 0.0272. The lowest BCUT2D eigenvalue weighted by atomic mass is 9.99. The summed E-state index contributed by atoms with van der Waals surface area (Å²) < 4.78 is 11.3. The number of halogens is 1. The van der Waals surface area contributed by atoms with E-state index in [1.54, 1.807) is 6.07 Å². The van der Waals surface area contributed by atoms with E-state index < -0.39 is 0 Å². The molecule has 0 aliphatic carbocycles.